The number of carbonyl (C=O) groups excluding carboxylic acids is 2. The number of ether oxygens (including phenoxy) is 2. The topological polar surface area (TPSA) is 303 Å². The van der Waals surface area contributed by atoms with Gasteiger partial charge in [0.25, 0.3) is 0 Å². The average molecular weight is 662 g/mol. The number of unbranched alkanes of at least 4 members (excludes halogenated alkanes) is 2. The lowest BCUT2D eigenvalue weighted by molar-refractivity contribution is -0.213. The van der Waals surface area contributed by atoms with Gasteiger partial charge in [-0.1, -0.05) is 26.7 Å². The van der Waals surface area contributed by atoms with Crippen molar-refractivity contribution in [2.75, 3.05) is 13.2 Å². The van der Waals surface area contributed by atoms with Crippen LogP contribution in [0, 0.1) is 0 Å². The van der Waals surface area contributed by atoms with Crippen molar-refractivity contribution in [1.82, 2.24) is 0 Å². The number of aliphatic hydroxyl groups excluding tert-OH is 3. The Kier molecular flexibility index (Phi) is 15.7. The van der Waals surface area contributed by atoms with Gasteiger partial charge in [0.2, 0.25) is 0 Å². The van der Waals surface area contributed by atoms with E-state index in [0.717, 1.165) is 6.42 Å². The van der Waals surface area contributed by atoms with E-state index in [1.165, 1.54) is 0 Å². The Labute approximate surface area is 234 Å². The minimum Gasteiger partial charge on any atom is -0.462 e. The fraction of sp³-hybridized carbons (Fsp3) is 0.895. The van der Waals surface area contributed by atoms with Crippen LogP contribution in [0.5, 0.6) is 0 Å². The number of hydrogen-bond donors (Lipinski definition) is 8. The van der Waals surface area contributed by atoms with Gasteiger partial charge in [0, 0.05) is 12.8 Å². The first-order valence-electron chi connectivity index (χ1n) is 12.3. The third-order valence-corrected chi connectivity index (χ3v) is 7.40. The highest BCUT2D eigenvalue weighted by Crippen LogP contribution is 2.51. The van der Waals surface area contributed by atoms with Gasteiger partial charge in [-0.05, 0) is 12.8 Å². The number of hydrogen-bond acceptors (Lipinski definition) is 14. The SMILES string of the molecule is CCCCCC(=O)O[C@H](COC(=O)CCC)COP(=O)(O)O[C@@H]1[C@H](O)[C@H](O)[C@@H](OP(=O)(O)O)[C@H](OP(=O)(O)O)[C@H]1O. The number of rotatable bonds is 18. The number of phosphoric ester groups is 3. The predicted octanol–water partition coefficient (Wildman–Crippen LogP) is -0.624. The van der Waals surface area contributed by atoms with Crippen LogP contribution in [0.3, 0.4) is 0 Å². The molecule has 1 saturated carbocycles. The third-order valence-electron chi connectivity index (χ3n) is 5.38. The predicted molar refractivity (Wildman–Crippen MR) is 132 cm³/mol. The van der Waals surface area contributed by atoms with Gasteiger partial charge in [0.15, 0.2) is 6.10 Å². The molecule has 0 aliphatic heterocycles. The summed E-state index contributed by atoms with van der Waals surface area (Å²) in [7, 11) is -16.5. The lowest BCUT2D eigenvalue weighted by atomic mass is 9.85. The lowest BCUT2D eigenvalue weighted by Crippen LogP contribution is -2.65. The van der Waals surface area contributed by atoms with E-state index >= 15 is 0 Å². The maximum atomic E-state index is 12.6. The molecule has 0 aromatic carbocycles. The molecule has 242 valence electrons. The lowest BCUT2D eigenvalue weighted by Gasteiger charge is -2.44. The van der Waals surface area contributed by atoms with Gasteiger partial charge >= 0.3 is 35.4 Å². The second-order valence-electron chi connectivity index (χ2n) is 8.93. The molecule has 0 aromatic heterocycles. The molecular weight excluding hydrogens is 625 g/mol. The Hall–Kier alpha value is -0.850. The van der Waals surface area contributed by atoms with Crippen molar-refractivity contribution in [2.24, 2.45) is 0 Å². The summed E-state index contributed by atoms with van der Waals surface area (Å²) in [5.41, 5.74) is 0. The highest BCUT2D eigenvalue weighted by Gasteiger charge is 2.56. The van der Waals surface area contributed by atoms with E-state index in [4.69, 9.17) is 38.1 Å². The highest BCUT2D eigenvalue weighted by molar-refractivity contribution is 7.47. The smallest absolute Gasteiger partial charge is 0.462 e. The van der Waals surface area contributed by atoms with E-state index in [-0.39, 0.29) is 12.8 Å². The van der Waals surface area contributed by atoms with Gasteiger partial charge in [-0.2, -0.15) is 0 Å². The normalized spacial score (nSPS) is 27.6. The minimum atomic E-state index is -5.56. The fourth-order valence-electron chi connectivity index (χ4n) is 3.56. The van der Waals surface area contributed by atoms with Crippen LogP contribution in [0.15, 0.2) is 0 Å². The van der Waals surface area contributed by atoms with Gasteiger partial charge < -0.3 is 49.3 Å². The number of carbonyl (C=O) groups is 2. The molecule has 0 amide bonds. The van der Waals surface area contributed by atoms with Crippen LogP contribution in [0.25, 0.3) is 0 Å². The summed E-state index contributed by atoms with van der Waals surface area (Å²) >= 11 is 0. The van der Waals surface area contributed by atoms with Crippen molar-refractivity contribution in [2.45, 2.75) is 95.1 Å². The van der Waals surface area contributed by atoms with Crippen molar-refractivity contribution in [1.29, 1.82) is 0 Å². The second-order valence-corrected chi connectivity index (χ2v) is 12.7. The molecular formula is C19H37O19P3. The van der Waals surface area contributed by atoms with Crippen LogP contribution < -0.4 is 0 Å². The summed E-state index contributed by atoms with van der Waals surface area (Å²) in [4.78, 5) is 70.4. The first-order valence-corrected chi connectivity index (χ1v) is 16.9. The molecule has 1 aliphatic rings. The molecule has 41 heavy (non-hydrogen) atoms. The Morgan fingerprint density at radius 3 is 1.73 bits per heavy atom. The quantitative estimate of drug-likeness (QED) is 0.0515. The first-order chi connectivity index (χ1) is 18.8. The van der Waals surface area contributed by atoms with Crippen molar-refractivity contribution in [3.05, 3.63) is 0 Å². The zero-order valence-electron chi connectivity index (χ0n) is 22.1. The van der Waals surface area contributed by atoms with Crippen LogP contribution in [0.1, 0.15) is 52.4 Å². The molecule has 8 N–H and O–H groups in total. The molecule has 0 aromatic rings. The van der Waals surface area contributed by atoms with Gasteiger partial charge in [-0.25, -0.2) is 13.7 Å². The van der Waals surface area contributed by atoms with Crippen LogP contribution in [0.4, 0.5) is 0 Å². The second kappa shape index (κ2) is 16.9. The fourth-order valence-corrected chi connectivity index (χ4v) is 5.65. The minimum absolute atomic E-state index is 0.0162. The first kappa shape index (κ1) is 38.2. The monoisotopic (exact) mass is 662 g/mol. The zero-order valence-corrected chi connectivity index (χ0v) is 24.8. The van der Waals surface area contributed by atoms with Crippen molar-refractivity contribution in [3.63, 3.8) is 0 Å². The molecule has 0 heterocycles. The van der Waals surface area contributed by atoms with E-state index in [1.54, 1.807) is 6.92 Å². The van der Waals surface area contributed by atoms with E-state index in [9.17, 15) is 43.5 Å². The largest absolute Gasteiger partial charge is 0.472 e. The number of aliphatic hydroxyl groups is 3. The Morgan fingerprint density at radius 2 is 1.22 bits per heavy atom. The molecule has 22 heteroatoms. The number of phosphoric acid groups is 3. The van der Waals surface area contributed by atoms with Crippen molar-refractivity contribution >= 4 is 35.4 Å². The van der Waals surface area contributed by atoms with Gasteiger partial charge in [-0.15, -0.1) is 0 Å². The summed E-state index contributed by atoms with van der Waals surface area (Å²) < 4.78 is 63.2. The summed E-state index contributed by atoms with van der Waals surface area (Å²) in [5, 5.41) is 31.1. The molecule has 1 aliphatic carbocycles. The maximum Gasteiger partial charge on any atom is 0.472 e. The van der Waals surface area contributed by atoms with Crippen LogP contribution in [-0.4, -0.2) is 108 Å². The van der Waals surface area contributed by atoms with Crippen LogP contribution in [0.2, 0.25) is 0 Å². The molecule has 8 atom stereocenters. The van der Waals surface area contributed by atoms with Gasteiger partial charge in [0.1, 0.15) is 43.2 Å². The van der Waals surface area contributed by atoms with E-state index in [2.05, 4.69) is 9.05 Å². The zero-order chi connectivity index (χ0) is 31.6. The molecule has 1 fully saturated rings. The van der Waals surface area contributed by atoms with Crippen molar-refractivity contribution in [3.8, 4) is 0 Å². The van der Waals surface area contributed by atoms with E-state index in [0.29, 0.717) is 19.3 Å². The standard InChI is InChI=1S/C19H37O19P3/c1-3-5-6-8-13(21)35-11(9-33-12(20)7-4-2)10-34-41(31,32)38-17-14(22)15(23)18(36-39(25,26)27)19(16(17)24)37-40(28,29)30/h11,14-19,22-24H,3-10H2,1-2H3,(H,31,32)(H2,25,26,27)(H2,28,29,30)/t11-,14-,15+,16+,17-,18-,19-/m1/s1. The molecule has 0 radical (unpaired) electrons. The number of esters is 2. The summed E-state index contributed by atoms with van der Waals surface area (Å²) in [5.74, 6) is -1.39. The van der Waals surface area contributed by atoms with Crippen molar-refractivity contribution < 1.29 is 90.6 Å². The molecule has 0 spiro atoms. The van der Waals surface area contributed by atoms with Crippen LogP contribution in [-0.2, 0) is 50.9 Å². The molecule has 19 nitrogen and oxygen atoms in total. The molecule has 1 unspecified atom stereocenters. The Balaban J connectivity index is 3.05. The summed E-state index contributed by atoms with van der Waals surface area (Å²) in [6.07, 6.45) is -13.8. The highest BCUT2D eigenvalue weighted by atomic mass is 31.2. The Morgan fingerprint density at radius 1 is 0.683 bits per heavy atom. The summed E-state index contributed by atoms with van der Waals surface area (Å²) in [6, 6.07) is 0. The van der Waals surface area contributed by atoms with Gasteiger partial charge in [-0.3, -0.25) is 27.7 Å². The molecule has 1 rings (SSSR count). The molecule has 0 saturated heterocycles. The van der Waals surface area contributed by atoms with E-state index in [1.807, 2.05) is 6.92 Å². The van der Waals surface area contributed by atoms with Crippen LogP contribution >= 0.6 is 23.5 Å². The summed E-state index contributed by atoms with van der Waals surface area (Å²) in [6.45, 7) is 2.11. The maximum absolute atomic E-state index is 12.6. The molecule has 0 bridgehead atoms. The van der Waals surface area contributed by atoms with Gasteiger partial charge in [0.05, 0.1) is 6.61 Å². The average Bonchev–Trinajstić information content (AvgIpc) is 2.83. The van der Waals surface area contributed by atoms with E-state index < -0.39 is 91.3 Å². The Bertz CT molecular complexity index is 981. The third kappa shape index (κ3) is 14.4.